The van der Waals surface area contributed by atoms with E-state index in [0.717, 1.165) is 13.1 Å². The fourth-order valence-corrected chi connectivity index (χ4v) is 2.08. The average molecular weight is 241 g/mol. The Kier molecular flexibility index (Phi) is 5.40. The summed E-state index contributed by atoms with van der Waals surface area (Å²) in [6, 6.07) is 0. The smallest absolute Gasteiger partial charge is 0.239 e. The molecule has 2 N–H and O–H groups in total. The van der Waals surface area contributed by atoms with Crippen LogP contribution in [-0.2, 0) is 4.79 Å². The van der Waals surface area contributed by atoms with Crippen molar-refractivity contribution in [2.75, 3.05) is 33.2 Å². The minimum absolute atomic E-state index is 0.0953. The molecule has 0 unspecified atom stereocenters. The Balaban J connectivity index is 2.26. The van der Waals surface area contributed by atoms with Gasteiger partial charge in [0.1, 0.15) is 0 Å². The van der Waals surface area contributed by atoms with Gasteiger partial charge in [-0.2, -0.15) is 0 Å². The molecule has 0 aromatic rings. The Bertz CT molecular complexity index is 245. The molecule has 1 amide bonds. The van der Waals surface area contributed by atoms with Gasteiger partial charge in [-0.25, -0.2) is 0 Å². The van der Waals surface area contributed by atoms with Gasteiger partial charge in [0.05, 0.1) is 5.54 Å². The zero-order valence-electron chi connectivity index (χ0n) is 11.7. The maximum absolute atomic E-state index is 11.9. The lowest BCUT2D eigenvalue weighted by Crippen LogP contribution is -2.52. The molecule has 1 heterocycles. The largest absolute Gasteiger partial charge is 0.354 e. The lowest BCUT2D eigenvalue weighted by atomic mass is 9.96. The minimum Gasteiger partial charge on any atom is -0.354 e. The first-order chi connectivity index (χ1) is 7.99. The van der Waals surface area contributed by atoms with Crippen molar-refractivity contribution in [3.63, 3.8) is 0 Å². The van der Waals surface area contributed by atoms with E-state index in [-0.39, 0.29) is 5.91 Å². The highest BCUT2D eigenvalue weighted by Gasteiger charge is 2.26. The van der Waals surface area contributed by atoms with Gasteiger partial charge in [0.2, 0.25) is 5.91 Å². The topological polar surface area (TPSA) is 44.4 Å². The highest BCUT2D eigenvalue weighted by atomic mass is 16.2. The van der Waals surface area contributed by atoms with Crippen molar-refractivity contribution in [3.05, 3.63) is 0 Å². The van der Waals surface area contributed by atoms with Crippen LogP contribution in [0.1, 0.15) is 33.6 Å². The summed E-state index contributed by atoms with van der Waals surface area (Å²) in [5, 5.41) is 6.08. The maximum atomic E-state index is 11.9. The number of carbonyl (C=O) groups excluding carboxylic acids is 1. The Hall–Kier alpha value is -0.610. The van der Waals surface area contributed by atoms with E-state index in [1.165, 1.54) is 25.9 Å². The minimum atomic E-state index is -0.468. The van der Waals surface area contributed by atoms with Gasteiger partial charge in [0.25, 0.3) is 0 Å². The van der Waals surface area contributed by atoms with Crippen molar-refractivity contribution >= 4 is 5.91 Å². The van der Waals surface area contributed by atoms with Crippen molar-refractivity contribution in [1.29, 1.82) is 0 Å². The van der Waals surface area contributed by atoms with Gasteiger partial charge in [0, 0.05) is 6.54 Å². The number of nitrogens with one attached hydrogen (secondary N) is 2. The van der Waals surface area contributed by atoms with Crippen LogP contribution in [0.4, 0.5) is 0 Å². The highest BCUT2D eigenvalue weighted by molar-refractivity contribution is 5.85. The van der Waals surface area contributed by atoms with E-state index < -0.39 is 5.54 Å². The predicted octanol–water partition coefficient (Wildman–Crippen LogP) is 0.833. The van der Waals surface area contributed by atoms with E-state index in [9.17, 15) is 4.79 Å². The van der Waals surface area contributed by atoms with Crippen LogP contribution in [0, 0.1) is 5.92 Å². The van der Waals surface area contributed by atoms with Crippen molar-refractivity contribution in [3.8, 4) is 0 Å². The normalized spacial score (nSPS) is 19.3. The molecule has 4 nitrogen and oxygen atoms in total. The number of nitrogens with zero attached hydrogens (tertiary/aromatic N) is 1. The SMILES string of the molecule is CCN1CCC(CNC(=O)C(C)(C)NC)CC1. The lowest BCUT2D eigenvalue weighted by Gasteiger charge is -2.32. The van der Waals surface area contributed by atoms with Crippen LogP contribution in [0.3, 0.4) is 0 Å². The summed E-state index contributed by atoms with van der Waals surface area (Å²) in [6.07, 6.45) is 2.40. The van der Waals surface area contributed by atoms with Gasteiger partial charge in [-0.15, -0.1) is 0 Å². The number of amides is 1. The van der Waals surface area contributed by atoms with Crippen molar-refractivity contribution < 1.29 is 4.79 Å². The Morgan fingerprint density at radius 3 is 2.41 bits per heavy atom. The number of hydrogen-bond donors (Lipinski definition) is 2. The quantitative estimate of drug-likeness (QED) is 0.749. The van der Waals surface area contributed by atoms with Crippen LogP contribution < -0.4 is 10.6 Å². The van der Waals surface area contributed by atoms with Crippen LogP contribution in [0.25, 0.3) is 0 Å². The number of hydrogen-bond acceptors (Lipinski definition) is 3. The predicted molar refractivity (Wildman–Crippen MR) is 71.0 cm³/mol. The summed E-state index contributed by atoms with van der Waals surface area (Å²) in [6.45, 7) is 10.3. The molecule has 4 heteroatoms. The summed E-state index contributed by atoms with van der Waals surface area (Å²) in [5.74, 6) is 0.743. The second-order valence-corrected chi connectivity index (χ2v) is 5.46. The van der Waals surface area contributed by atoms with E-state index in [1.54, 1.807) is 0 Å². The third-order valence-corrected chi connectivity index (χ3v) is 3.90. The molecule has 17 heavy (non-hydrogen) atoms. The first-order valence-corrected chi connectivity index (χ1v) is 6.69. The number of likely N-dealkylation sites (tertiary alicyclic amines) is 1. The van der Waals surface area contributed by atoms with Gasteiger partial charge in [-0.1, -0.05) is 6.92 Å². The molecule has 1 saturated heterocycles. The molecule has 0 aliphatic carbocycles. The molecule has 1 rings (SSSR count). The number of likely N-dealkylation sites (N-methyl/N-ethyl adjacent to an activating group) is 1. The Morgan fingerprint density at radius 2 is 1.94 bits per heavy atom. The molecule has 100 valence electrons. The molecule has 1 aliphatic rings. The molecular formula is C13H27N3O. The Labute approximate surface area is 105 Å². The fraction of sp³-hybridized carbons (Fsp3) is 0.923. The first kappa shape index (κ1) is 14.5. The average Bonchev–Trinajstić information content (AvgIpc) is 2.36. The summed E-state index contributed by atoms with van der Waals surface area (Å²) in [4.78, 5) is 14.3. The summed E-state index contributed by atoms with van der Waals surface area (Å²) in [7, 11) is 1.82. The van der Waals surface area contributed by atoms with E-state index in [1.807, 2.05) is 20.9 Å². The fourth-order valence-electron chi connectivity index (χ4n) is 2.08. The number of piperidine rings is 1. The molecule has 0 radical (unpaired) electrons. The van der Waals surface area contributed by atoms with E-state index >= 15 is 0 Å². The van der Waals surface area contributed by atoms with Crippen molar-refractivity contribution in [1.82, 2.24) is 15.5 Å². The molecule has 1 aliphatic heterocycles. The summed E-state index contributed by atoms with van der Waals surface area (Å²) < 4.78 is 0. The number of carbonyl (C=O) groups is 1. The molecule has 0 saturated carbocycles. The van der Waals surface area contributed by atoms with Crippen LogP contribution in [0.15, 0.2) is 0 Å². The van der Waals surface area contributed by atoms with Crippen LogP contribution in [-0.4, -0.2) is 49.6 Å². The molecule has 1 fully saturated rings. The van der Waals surface area contributed by atoms with Crippen LogP contribution in [0.5, 0.6) is 0 Å². The van der Waals surface area contributed by atoms with Crippen molar-refractivity contribution in [2.24, 2.45) is 5.92 Å². The van der Waals surface area contributed by atoms with Crippen molar-refractivity contribution in [2.45, 2.75) is 39.2 Å². The summed E-state index contributed by atoms with van der Waals surface area (Å²) in [5.41, 5.74) is -0.468. The lowest BCUT2D eigenvalue weighted by molar-refractivity contribution is -0.126. The maximum Gasteiger partial charge on any atom is 0.239 e. The van der Waals surface area contributed by atoms with E-state index in [0.29, 0.717) is 5.92 Å². The summed E-state index contributed by atoms with van der Waals surface area (Å²) >= 11 is 0. The van der Waals surface area contributed by atoms with Gasteiger partial charge in [-0.3, -0.25) is 4.79 Å². The molecular weight excluding hydrogens is 214 g/mol. The van der Waals surface area contributed by atoms with Gasteiger partial charge in [-0.05, 0) is 59.3 Å². The van der Waals surface area contributed by atoms with Gasteiger partial charge in [0.15, 0.2) is 0 Å². The molecule has 0 aromatic carbocycles. The standard InChI is InChI=1S/C13H27N3O/c1-5-16-8-6-11(7-9-16)10-15-12(17)13(2,3)14-4/h11,14H,5-10H2,1-4H3,(H,15,17). The second kappa shape index (κ2) is 6.36. The van der Waals surface area contributed by atoms with Crippen LogP contribution >= 0.6 is 0 Å². The van der Waals surface area contributed by atoms with E-state index in [4.69, 9.17) is 0 Å². The third-order valence-electron chi connectivity index (χ3n) is 3.90. The first-order valence-electron chi connectivity index (χ1n) is 6.69. The third kappa shape index (κ3) is 4.28. The van der Waals surface area contributed by atoms with Gasteiger partial charge < -0.3 is 15.5 Å². The number of rotatable bonds is 5. The molecule has 0 atom stereocenters. The Morgan fingerprint density at radius 1 is 1.35 bits per heavy atom. The zero-order chi connectivity index (χ0) is 12.9. The molecule has 0 spiro atoms. The van der Waals surface area contributed by atoms with E-state index in [2.05, 4.69) is 22.5 Å². The molecule has 0 aromatic heterocycles. The van der Waals surface area contributed by atoms with Crippen LogP contribution in [0.2, 0.25) is 0 Å². The molecule has 0 bridgehead atoms. The second-order valence-electron chi connectivity index (χ2n) is 5.46. The zero-order valence-corrected chi connectivity index (χ0v) is 11.7. The highest BCUT2D eigenvalue weighted by Crippen LogP contribution is 2.16. The van der Waals surface area contributed by atoms with Gasteiger partial charge >= 0.3 is 0 Å². The monoisotopic (exact) mass is 241 g/mol.